The van der Waals surface area contributed by atoms with Crippen molar-refractivity contribution in [3.05, 3.63) is 68.5 Å². The zero-order chi connectivity index (χ0) is 73.5. The van der Waals surface area contributed by atoms with Gasteiger partial charge in [0.05, 0.1) is 58.6 Å². The van der Waals surface area contributed by atoms with Crippen molar-refractivity contribution in [2.75, 3.05) is 99.5 Å². The van der Waals surface area contributed by atoms with E-state index in [2.05, 4.69) is 54.2 Å². The van der Waals surface area contributed by atoms with E-state index in [1.165, 1.54) is 55.3 Å². The minimum absolute atomic E-state index is 0.0841. The number of aromatic nitrogens is 8. The maximum atomic E-state index is 13.4. The molecule has 3 saturated heterocycles. The maximum absolute atomic E-state index is 13.4. The van der Waals surface area contributed by atoms with Gasteiger partial charge in [-0.05, 0) is 117 Å². The number of nitrogens with zero attached hydrogens (tertiary/aromatic N) is 10. The number of benzene rings is 2. The molecule has 3 fully saturated rings. The summed E-state index contributed by atoms with van der Waals surface area (Å²) in [5.41, 5.74) is 2.71. The van der Waals surface area contributed by atoms with E-state index in [9.17, 15) is 49.2 Å². The molecule has 0 spiro atoms. The fourth-order valence-electron chi connectivity index (χ4n) is 9.65. The quantitative estimate of drug-likeness (QED) is 0.0276. The van der Waals surface area contributed by atoms with Gasteiger partial charge in [-0.25, -0.2) is 36.4 Å². The Balaban J connectivity index is 0.000000285. The van der Waals surface area contributed by atoms with Crippen molar-refractivity contribution in [2.24, 2.45) is 14.1 Å². The van der Waals surface area contributed by atoms with E-state index in [-0.39, 0.29) is 64.1 Å². The van der Waals surface area contributed by atoms with Crippen LogP contribution in [0.15, 0.2) is 55.8 Å². The number of Topliss-reactive ketones (excluding diaryl/α,β-unsaturated/α-hetero) is 1. The van der Waals surface area contributed by atoms with Crippen LogP contribution >= 0.6 is 10.7 Å². The molecule has 7 N–H and O–H groups in total. The van der Waals surface area contributed by atoms with Crippen LogP contribution in [0.3, 0.4) is 0 Å². The number of carboxylic acid groups (broad SMARTS) is 1. The number of carbonyl (C=O) groups excluding carboxylic acids is 2. The Morgan fingerprint density at radius 3 is 1.45 bits per heavy atom. The number of amides is 1. The highest BCUT2D eigenvalue weighted by Crippen LogP contribution is 2.35. The largest absolute Gasteiger partial charge is 0.493 e. The number of ketones is 1. The number of aliphatic carboxylic acids is 1. The van der Waals surface area contributed by atoms with Crippen LogP contribution in [0.4, 0.5) is 18.0 Å². The van der Waals surface area contributed by atoms with Crippen LogP contribution in [-0.2, 0) is 60.3 Å². The zero-order valence-corrected chi connectivity index (χ0v) is 60.1. The van der Waals surface area contributed by atoms with Crippen molar-refractivity contribution >= 4 is 69.7 Å². The standard InChI is InChI=1S/C24H34N6O5S.C17H19ClN4O4S.C8H13NO3.C7H16N2O.C5H12O.C2HF3O2/c1-5-8-19-21-22(29(4)27-19)24(32)26-23(25-21)18-13-17(9-10-20(18)35-6-2)36(33,34)30-14-16(15-30)28(3)11-7-12-31;1-4-6-12-14-15(22(3)21-12)17(23)20-16(19-14)11-9-10(27(18,24)25)7-8-13(11)26-5-2;1-8(2,3)12-7(11)9-4-6(10)5-9;1-9(3-2-4-10)7-5-8-6-7;1-2-3-4-5-6;3-2(4,5)1(6)7/h9-10,13,16,31H,5-8,11-12,14-15H2,1-4H3,(H,25,26,32);7-9H,4-6H2,1-3H3,(H,19,20,23);4-5H2,1-3H3;7-8,10H,2-6H2,1H3;6H,2-5H2,1H3;(H,6,7). The third-order valence-corrected chi connectivity index (χ3v) is 18.2. The lowest BCUT2D eigenvalue weighted by molar-refractivity contribution is -0.192. The molecule has 3 aliphatic heterocycles. The lowest BCUT2D eigenvalue weighted by Gasteiger charge is -2.43. The number of aromatic amines is 2. The molecular weight excluding hydrogens is 1350 g/mol. The van der Waals surface area contributed by atoms with Crippen molar-refractivity contribution < 1.29 is 79.0 Å². The van der Waals surface area contributed by atoms with Crippen LogP contribution in [0, 0.1) is 0 Å². The Morgan fingerprint density at radius 1 is 0.673 bits per heavy atom. The summed E-state index contributed by atoms with van der Waals surface area (Å²) in [7, 11) is 5.21. The Kier molecular flexibility index (Phi) is 32.7. The zero-order valence-electron chi connectivity index (χ0n) is 57.7. The highest BCUT2D eigenvalue weighted by Gasteiger charge is 2.40. The molecule has 0 bridgehead atoms. The fraction of sp³-hybridized carbons (Fsp3) is 0.603. The van der Waals surface area contributed by atoms with Gasteiger partial charge in [0.1, 0.15) is 39.8 Å². The van der Waals surface area contributed by atoms with E-state index in [1.54, 1.807) is 47.9 Å². The van der Waals surface area contributed by atoms with Gasteiger partial charge in [0.15, 0.2) is 16.8 Å². The number of ether oxygens (including phenoxy) is 3. The van der Waals surface area contributed by atoms with E-state index in [0.717, 1.165) is 57.4 Å². The van der Waals surface area contributed by atoms with Crippen molar-refractivity contribution in [2.45, 2.75) is 147 Å². The number of fused-ring (bicyclic) bond motifs is 2. The van der Waals surface area contributed by atoms with Gasteiger partial charge >= 0.3 is 18.2 Å². The number of alkyl halides is 3. The molecule has 0 radical (unpaired) electrons. The molecule has 0 aliphatic carbocycles. The Hall–Kier alpha value is -7.15. The third-order valence-electron chi connectivity index (χ3n) is 15.0. The first-order chi connectivity index (χ1) is 46.0. The predicted molar refractivity (Wildman–Crippen MR) is 363 cm³/mol. The van der Waals surface area contributed by atoms with Crippen molar-refractivity contribution in [1.82, 2.24) is 63.8 Å². The number of carboxylic acids is 1. The second kappa shape index (κ2) is 38.4. The second-order valence-electron chi connectivity index (χ2n) is 24.0. The highest BCUT2D eigenvalue weighted by molar-refractivity contribution is 8.13. The number of hydrogen-bond acceptors (Lipinski definition) is 22. The summed E-state index contributed by atoms with van der Waals surface area (Å²) in [6.45, 7) is 21.8. The number of likely N-dealkylation sites (N-methyl/N-ethyl adjacent to an activating group) is 2. The molecule has 0 atom stereocenters. The first-order valence-corrected chi connectivity index (χ1v) is 35.9. The first kappa shape index (κ1) is 83.3. The summed E-state index contributed by atoms with van der Waals surface area (Å²) in [6.07, 6.45) is 2.42. The number of aliphatic hydroxyl groups excluding tert-OH is 3. The molecule has 9 rings (SSSR count). The first-order valence-electron chi connectivity index (χ1n) is 32.2. The molecule has 29 nitrogen and oxygen atoms in total. The summed E-state index contributed by atoms with van der Waals surface area (Å²) >= 11 is 0. The van der Waals surface area contributed by atoms with Gasteiger partial charge in [-0.3, -0.25) is 28.6 Å². The summed E-state index contributed by atoms with van der Waals surface area (Å²) < 4.78 is 103. The number of unbranched alkanes of at least 4 members (excludes halogenated alkanes) is 2. The van der Waals surface area contributed by atoms with E-state index >= 15 is 0 Å². The van der Waals surface area contributed by atoms with Gasteiger partial charge in [-0.1, -0.05) is 46.5 Å². The smallest absolute Gasteiger partial charge is 0.490 e. The molecule has 0 saturated carbocycles. The van der Waals surface area contributed by atoms with Gasteiger partial charge < -0.3 is 59.7 Å². The fourth-order valence-corrected chi connectivity index (χ4v) is 12.0. The van der Waals surface area contributed by atoms with Crippen molar-refractivity contribution in [1.29, 1.82) is 0 Å². The molecule has 98 heavy (non-hydrogen) atoms. The molecule has 1 amide bonds. The van der Waals surface area contributed by atoms with Gasteiger partial charge in [0.25, 0.3) is 20.2 Å². The van der Waals surface area contributed by atoms with Crippen LogP contribution < -0.4 is 25.9 Å². The molecular formula is C63H95ClF3N13O16S2. The van der Waals surface area contributed by atoms with Crippen LogP contribution in [0.1, 0.15) is 112 Å². The van der Waals surface area contributed by atoms with Crippen molar-refractivity contribution in [3.63, 3.8) is 0 Å². The molecule has 4 aromatic heterocycles. The van der Waals surface area contributed by atoms with E-state index < -0.39 is 42.9 Å². The SMILES string of the molecule is CC(C)(C)OC(=O)N1CC(=O)C1.CCCCCO.CCCc1nn(C)c2c(=O)[nH]c(-c3cc(S(=O)(=O)Cl)ccc3OCC)nc12.CCCc1nn(C)c2c(=O)[nH]c(-c3cc(S(=O)(=O)N4CC(N(C)CCCO)C4)ccc3OCC)nc12.CN(CCCO)C1CNC1.O=C(O)C(F)(F)F. The predicted octanol–water partition coefficient (Wildman–Crippen LogP) is 5.85. The molecule has 35 heteroatoms. The summed E-state index contributed by atoms with van der Waals surface area (Å²) in [5.74, 6) is -1.41. The Bertz CT molecular complexity index is 3940. The number of carbonyl (C=O) groups is 3. The van der Waals surface area contributed by atoms with E-state index in [4.69, 9.17) is 55.1 Å². The number of nitrogens with one attached hydrogen (secondary N) is 3. The number of sulfonamides is 1. The van der Waals surface area contributed by atoms with Gasteiger partial charge in [-0.2, -0.15) is 27.7 Å². The molecule has 2 aromatic carbocycles. The van der Waals surface area contributed by atoms with Crippen LogP contribution in [0.2, 0.25) is 0 Å². The number of rotatable bonds is 24. The summed E-state index contributed by atoms with van der Waals surface area (Å²) in [6, 6.07) is 9.65. The van der Waals surface area contributed by atoms with Gasteiger partial charge in [0.2, 0.25) is 10.0 Å². The molecule has 6 aromatic rings. The molecule has 548 valence electrons. The van der Waals surface area contributed by atoms with Crippen LogP contribution in [0.5, 0.6) is 11.5 Å². The molecule has 0 unspecified atom stereocenters. The highest BCUT2D eigenvalue weighted by atomic mass is 35.7. The van der Waals surface area contributed by atoms with E-state index in [0.29, 0.717) is 122 Å². The topological polar surface area (TPSA) is 380 Å². The minimum Gasteiger partial charge on any atom is -0.493 e. The number of aliphatic hydroxyl groups is 3. The lowest BCUT2D eigenvalue weighted by Crippen LogP contribution is -2.60. The van der Waals surface area contributed by atoms with Gasteiger partial charge in [-0.15, -0.1) is 0 Å². The number of halogens is 4. The summed E-state index contributed by atoms with van der Waals surface area (Å²) in [5, 5.41) is 45.0. The van der Waals surface area contributed by atoms with E-state index in [1.807, 2.05) is 27.8 Å². The number of H-pyrrole nitrogens is 2. The third kappa shape index (κ3) is 24.1. The maximum Gasteiger partial charge on any atom is 0.490 e. The molecule has 3 aliphatic rings. The molecule has 7 heterocycles. The lowest BCUT2D eigenvalue weighted by atomic mass is 10.1. The van der Waals surface area contributed by atoms with Crippen LogP contribution in [-0.4, -0.2) is 237 Å². The number of likely N-dealkylation sites (tertiary alicyclic amines) is 1. The monoisotopic (exact) mass is 1450 g/mol. The van der Waals surface area contributed by atoms with Crippen LogP contribution in [0.25, 0.3) is 44.8 Å². The van der Waals surface area contributed by atoms with Gasteiger partial charge in [0, 0.05) is 96.0 Å². The number of hydrogen-bond donors (Lipinski definition) is 7. The average molecular weight is 1450 g/mol. The summed E-state index contributed by atoms with van der Waals surface area (Å²) in [4.78, 5) is 76.6. The second-order valence-corrected chi connectivity index (χ2v) is 28.5. The number of aryl methyl sites for hydroxylation is 4. The van der Waals surface area contributed by atoms with Crippen molar-refractivity contribution in [3.8, 4) is 34.3 Å². The minimum atomic E-state index is -5.08. The Labute approximate surface area is 573 Å². The average Bonchev–Trinajstić information content (AvgIpc) is 1.73. The normalized spacial score (nSPS) is 14.3. The Morgan fingerprint density at radius 2 is 1.10 bits per heavy atom.